The molecule has 1 fully saturated rings. The van der Waals surface area contributed by atoms with Crippen LogP contribution >= 0.6 is 11.6 Å². The van der Waals surface area contributed by atoms with E-state index in [0.717, 1.165) is 21.6 Å². The maximum Gasteiger partial charge on any atom is 0.331 e. The van der Waals surface area contributed by atoms with Crippen molar-refractivity contribution in [1.82, 2.24) is 18.9 Å². The number of fused-ring (bicyclic) bond motifs is 1. The number of nitrogens with zero attached hydrogens (tertiary/aromatic N) is 4. The number of urea groups is 1. The van der Waals surface area contributed by atoms with E-state index in [-0.39, 0.29) is 41.7 Å². The number of carbonyl (C=O) groups is 2. The van der Waals surface area contributed by atoms with Gasteiger partial charge in [0, 0.05) is 50.2 Å². The van der Waals surface area contributed by atoms with E-state index in [9.17, 15) is 19.2 Å². The zero-order valence-electron chi connectivity index (χ0n) is 25.9. The normalized spacial score (nSPS) is 16.1. The largest absolute Gasteiger partial charge is 0.497 e. The van der Waals surface area contributed by atoms with E-state index in [1.54, 1.807) is 37.1 Å². The fraction of sp³-hybridized carbons (Fsp3) is 0.438. The molecule has 0 aliphatic carbocycles. The standard InChI is InChI=1S/C32H38ClN5O7/c1-20(19-43-2)38-30(40)25(24-6-5-7-27(45-4)29(24)33)17-36(32(38)42)18-28(39)35-13-11-22(12-14-35)37-15-10-21-16-23(44-3)8-9-26(21)34-31(37)41/h5-9,16-17,20,22H,10-15,18-19H2,1-4H3,(H,34,41)/t20-/m0/s1. The summed E-state index contributed by atoms with van der Waals surface area (Å²) in [6.45, 7) is 2.97. The van der Waals surface area contributed by atoms with Gasteiger partial charge in [-0.2, -0.15) is 0 Å². The van der Waals surface area contributed by atoms with Gasteiger partial charge in [-0.25, -0.2) is 9.59 Å². The lowest BCUT2D eigenvalue weighted by atomic mass is 10.0. The Morgan fingerprint density at radius 1 is 1.02 bits per heavy atom. The zero-order valence-corrected chi connectivity index (χ0v) is 26.6. The summed E-state index contributed by atoms with van der Waals surface area (Å²) >= 11 is 6.57. The van der Waals surface area contributed by atoms with Crippen molar-refractivity contribution in [3.05, 3.63) is 74.0 Å². The smallest absolute Gasteiger partial charge is 0.331 e. The first-order chi connectivity index (χ1) is 21.7. The number of methoxy groups -OCH3 is 3. The SMILES string of the molecule is COC[C@H](C)n1c(=O)c(-c2cccc(OC)c2Cl)cn(CC(=O)N2CCC(N3CCc4cc(OC)ccc4NC3=O)CC2)c1=O. The second-order valence-electron chi connectivity index (χ2n) is 11.3. The van der Waals surface area contributed by atoms with Crippen LogP contribution in [0.25, 0.3) is 11.1 Å². The second-order valence-corrected chi connectivity index (χ2v) is 11.6. The minimum atomic E-state index is -0.618. The highest BCUT2D eigenvalue weighted by Gasteiger charge is 2.32. The number of halogens is 1. The molecule has 1 N–H and O–H groups in total. The van der Waals surface area contributed by atoms with Crippen LogP contribution in [0.5, 0.6) is 11.5 Å². The number of aromatic nitrogens is 2. The predicted molar refractivity (Wildman–Crippen MR) is 171 cm³/mol. The lowest BCUT2D eigenvalue weighted by Crippen LogP contribution is -2.51. The number of nitrogens with one attached hydrogen (secondary N) is 1. The Balaban J connectivity index is 1.33. The molecule has 0 bridgehead atoms. The molecule has 3 amide bonds. The first-order valence-corrected chi connectivity index (χ1v) is 15.2. The van der Waals surface area contributed by atoms with Crippen molar-refractivity contribution in [2.24, 2.45) is 0 Å². The van der Waals surface area contributed by atoms with Crippen molar-refractivity contribution >= 4 is 29.2 Å². The van der Waals surface area contributed by atoms with Crippen LogP contribution in [0.3, 0.4) is 0 Å². The molecule has 3 aromatic rings. The zero-order chi connectivity index (χ0) is 32.2. The Morgan fingerprint density at radius 3 is 2.47 bits per heavy atom. The van der Waals surface area contributed by atoms with Gasteiger partial charge in [0.15, 0.2) is 0 Å². The molecule has 1 aromatic heterocycles. The van der Waals surface area contributed by atoms with Crippen LogP contribution < -0.4 is 26.0 Å². The predicted octanol–water partition coefficient (Wildman–Crippen LogP) is 3.64. The van der Waals surface area contributed by atoms with Crippen molar-refractivity contribution in [3.63, 3.8) is 0 Å². The third-order valence-electron chi connectivity index (χ3n) is 8.51. The lowest BCUT2D eigenvalue weighted by molar-refractivity contribution is -0.133. The maximum atomic E-state index is 13.6. The van der Waals surface area contributed by atoms with Crippen LogP contribution in [0, 0.1) is 0 Å². The first kappa shape index (κ1) is 32.1. The highest BCUT2D eigenvalue weighted by molar-refractivity contribution is 6.34. The van der Waals surface area contributed by atoms with Crippen molar-refractivity contribution in [3.8, 4) is 22.6 Å². The van der Waals surface area contributed by atoms with Crippen molar-refractivity contribution in [2.45, 2.75) is 44.8 Å². The first-order valence-electron chi connectivity index (χ1n) is 14.9. The lowest BCUT2D eigenvalue weighted by Gasteiger charge is -2.38. The van der Waals surface area contributed by atoms with Gasteiger partial charge < -0.3 is 29.3 Å². The minimum absolute atomic E-state index is 0.0356. The summed E-state index contributed by atoms with van der Waals surface area (Å²) < 4.78 is 18.2. The fourth-order valence-corrected chi connectivity index (χ4v) is 6.38. The molecule has 3 heterocycles. The van der Waals surface area contributed by atoms with E-state index in [1.807, 2.05) is 23.1 Å². The van der Waals surface area contributed by atoms with Gasteiger partial charge in [0.25, 0.3) is 5.56 Å². The van der Waals surface area contributed by atoms with E-state index >= 15 is 0 Å². The van der Waals surface area contributed by atoms with Gasteiger partial charge in [-0.3, -0.25) is 18.7 Å². The molecule has 2 aliphatic heterocycles. The summed E-state index contributed by atoms with van der Waals surface area (Å²) in [6, 6.07) is 9.87. The highest BCUT2D eigenvalue weighted by atomic mass is 35.5. The molecular weight excluding hydrogens is 602 g/mol. The second kappa shape index (κ2) is 13.8. The Bertz CT molecular complexity index is 1700. The molecule has 5 rings (SSSR count). The third kappa shape index (κ3) is 6.57. The fourth-order valence-electron chi connectivity index (χ4n) is 6.08. The molecule has 13 heteroatoms. The van der Waals surface area contributed by atoms with Gasteiger partial charge in [-0.1, -0.05) is 23.7 Å². The number of ether oxygens (including phenoxy) is 3. The average molecular weight is 640 g/mol. The quantitative estimate of drug-likeness (QED) is 0.379. The molecule has 0 saturated carbocycles. The topological polar surface area (TPSA) is 124 Å². The summed E-state index contributed by atoms with van der Waals surface area (Å²) in [6.07, 6.45) is 3.27. The third-order valence-corrected chi connectivity index (χ3v) is 8.90. The molecule has 0 radical (unpaired) electrons. The number of likely N-dealkylation sites (tertiary alicyclic amines) is 1. The Morgan fingerprint density at radius 2 is 1.78 bits per heavy atom. The molecule has 45 heavy (non-hydrogen) atoms. The molecule has 240 valence electrons. The summed E-state index contributed by atoms with van der Waals surface area (Å²) in [7, 11) is 4.58. The molecule has 12 nitrogen and oxygen atoms in total. The van der Waals surface area contributed by atoms with Crippen molar-refractivity contribution in [2.75, 3.05) is 52.9 Å². The summed E-state index contributed by atoms with van der Waals surface area (Å²) in [4.78, 5) is 57.3. The number of amides is 3. The van der Waals surface area contributed by atoms with Gasteiger partial charge in [0.05, 0.1) is 37.5 Å². The van der Waals surface area contributed by atoms with Crippen molar-refractivity contribution in [1.29, 1.82) is 0 Å². The van der Waals surface area contributed by atoms with E-state index in [2.05, 4.69) is 5.32 Å². The Hall–Kier alpha value is -4.29. The van der Waals surface area contributed by atoms with E-state index in [0.29, 0.717) is 50.2 Å². The molecule has 0 unspecified atom stereocenters. The van der Waals surface area contributed by atoms with Gasteiger partial charge in [-0.15, -0.1) is 0 Å². The monoisotopic (exact) mass is 639 g/mol. The Kier molecular flexibility index (Phi) is 9.83. The van der Waals surface area contributed by atoms with Crippen LogP contribution in [0.1, 0.15) is 31.4 Å². The number of anilines is 1. The number of hydrogen-bond donors (Lipinski definition) is 1. The van der Waals surface area contributed by atoms with Crippen LogP contribution in [0.15, 0.2) is 52.2 Å². The summed E-state index contributed by atoms with van der Waals surface area (Å²) in [5.74, 6) is 0.857. The van der Waals surface area contributed by atoms with Crippen LogP contribution in [0.2, 0.25) is 5.02 Å². The average Bonchev–Trinajstić information content (AvgIpc) is 3.20. The van der Waals surface area contributed by atoms with E-state index in [4.69, 9.17) is 25.8 Å². The van der Waals surface area contributed by atoms with Gasteiger partial charge in [-0.05, 0) is 56.0 Å². The molecule has 0 spiro atoms. The van der Waals surface area contributed by atoms with Gasteiger partial charge in [0.1, 0.15) is 18.0 Å². The maximum absolute atomic E-state index is 13.6. The van der Waals surface area contributed by atoms with Crippen molar-refractivity contribution < 1.29 is 23.8 Å². The number of hydrogen-bond acceptors (Lipinski definition) is 7. The van der Waals surface area contributed by atoms with Gasteiger partial charge >= 0.3 is 11.7 Å². The minimum Gasteiger partial charge on any atom is -0.497 e. The number of carbonyl (C=O) groups excluding carboxylic acids is 2. The van der Waals surface area contributed by atoms with Gasteiger partial charge in [0.2, 0.25) is 5.91 Å². The molecule has 1 atom stereocenters. The van der Waals surface area contributed by atoms with Crippen LogP contribution in [0.4, 0.5) is 10.5 Å². The summed E-state index contributed by atoms with van der Waals surface area (Å²) in [5.41, 5.74) is 1.18. The number of piperidine rings is 1. The highest BCUT2D eigenvalue weighted by Crippen LogP contribution is 2.34. The molecule has 2 aromatic carbocycles. The van der Waals surface area contributed by atoms with E-state index < -0.39 is 17.3 Å². The van der Waals surface area contributed by atoms with E-state index in [1.165, 1.54) is 25.0 Å². The van der Waals surface area contributed by atoms with Crippen LogP contribution in [-0.2, 0) is 22.5 Å². The summed E-state index contributed by atoms with van der Waals surface area (Å²) in [5, 5.41) is 3.23. The Labute approximate surface area is 266 Å². The van der Waals surface area contributed by atoms with Crippen LogP contribution in [-0.4, -0.2) is 84.5 Å². The number of benzene rings is 2. The molecule has 1 saturated heterocycles. The number of rotatable bonds is 9. The molecule has 2 aliphatic rings. The molecular formula is C32H38ClN5O7.